The van der Waals surface area contributed by atoms with Crippen molar-refractivity contribution in [2.45, 2.75) is 0 Å². The van der Waals surface area contributed by atoms with E-state index >= 15 is 0 Å². The predicted octanol–water partition coefficient (Wildman–Crippen LogP) is 3.29. The van der Waals surface area contributed by atoms with Crippen LogP contribution in [0.15, 0.2) is 71.8 Å². The van der Waals surface area contributed by atoms with Gasteiger partial charge in [0, 0.05) is 11.6 Å². The van der Waals surface area contributed by atoms with Crippen LogP contribution in [0.1, 0.15) is 26.3 Å². The van der Waals surface area contributed by atoms with Crippen molar-refractivity contribution in [2.24, 2.45) is 5.10 Å². The fourth-order valence-corrected chi connectivity index (χ4v) is 2.69. The Hall–Kier alpha value is -4.73. The van der Waals surface area contributed by atoms with Crippen molar-refractivity contribution >= 4 is 23.8 Å². The molecule has 0 heterocycles. The maximum absolute atomic E-state index is 12.6. The molecule has 0 radical (unpaired) electrons. The molecule has 0 fully saturated rings. The lowest BCUT2D eigenvalue weighted by atomic mass is 10.1. The van der Waals surface area contributed by atoms with Gasteiger partial charge in [-0.05, 0) is 36.4 Å². The molecule has 0 atom stereocenters. The number of nitrogens with zero attached hydrogens (tertiary/aromatic N) is 2. The van der Waals surface area contributed by atoms with E-state index in [0.717, 1.165) is 6.21 Å². The molecule has 2 N–H and O–H groups in total. The first-order valence-electron chi connectivity index (χ1n) is 9.15. The van der Waals surface area contributed by atoms with E-state index in [4.69, 9.17) is 9.47 Å². The molecule has 0 saturated heterocycles. The topological polar surface area (TPSA) is 140 Å². The van der Waals surface area contributed by atoms with Crippen molar-refractivity contribution in [2.75, 3.05) is 7.11 Å². The molecule has 0 aliphatic rings. The Bertz CT molecular complexity index is 1210. The summed E-state index contributed by atoms with van der Waals surface area (Å²) in [5.74, 6) is -1.70. The highest BCUT2D eigenvalue weighted by Crippen LogP contribution is 2.31. The lowest BCUT2D eigenvalue weighted by Gasteiger charge is -2.09. The highest BCUT2D eigenvalue weighted by atomic mass is 16.6. The average molecular weight is 435 g/mol. The van der Waals surface area contributed by atoms with Gasteiger partial charge in [-0.25, -0.2) is 10.2 Å². The highest BCUT2D eigenvalue weighted by molar-refractivity contribution is 5.98. The number of aromatic hydroxyl groups is 1. The number of carbonyl (C=O) groups excluding carboxylic acids is 2. The molecule has 0 aromatic heterocycles. The highest BCUT2D eigenvalue weighted by Gasteiger charge is 2.22. The Morgan fingerprint density at radius 2 is 1.84 bits per heavy atom. The number of nitro benzene ring substituents is 1. The Morgan fingerprint density at radius 1 is 1.09 bits per heavy atom. The third kappa shape index (κ3) is 5.05. The largest absolute Gasteiger partial charge is 0.507 e. The zero-order chi connectivity index (χ0) is 23.1. The van der Waals surface area contributed by atoms with Gasteiger partial charge in [0.25, 0.3) is 5.91 Å². The van der Waals surface area contributed by atoms with Crippen molar-refractivity contribution in [1.29, 1.82) is 0 Å². The number of benzene rings is 3. The summed E-state index contributed by atoms with van der Waals surface area (Å²) in [5, 5.41) is 24.9. The summed E-state index contributed by atoms with van der Waals surface area (Å²) in [7, 11) is 1.44. The van der Waals surface area contributed by atoms with E-state index in [0.29, 0.717) is 5.75 Å². The van der Waals surface area contributed by atoms with Crippen LogP contribution in [0, 0.1) is 10.1 Å². The Morgan fingerprint density at radius 3 is 2.56 bits per heavy atom. The van der Waals surface area contributed by atoms with E-state index in [2.05, 4.69) is 10.5 Å². The molecule has 0 aliphatic heterocycles. The minimum atomic E-state index is -0.842. The first kappa shape index (κ1) is 22.0. The summed E-state index contributed by atoms with van der Waals surface area (Å²) in [6, 6.07) is 16.0. The number of nitrogens with one attached hydrogen (secondary N) is 1. The van der Waals surface area contributed by atoms with Gasteiger partial charge >= 0.3 is 11.7 Å². The number of hydrogen-bond acceptors (Lipinski definition) is 8. The first-order chi connectivity index (χ1) is 15.4. The molecule has 0 bridgehead atoms. The molecule has 32 heavy (non-hydrogen) atoms. The van der Waals surface area contributed by atoms with Crippen LogP contribution in [0.5, 0.6) is 17.2 Å². The van der Waals surface area contributed by atoms with E-state index in [1.54, 1.807) is 24.3 Å². The van der Waals surface area contributed by atoms with Crippen LogP contribution in [0.3, 0.4) is 0 Å². The number of ether oxygens (including phenoxy) is 2. The number of carbonyl (C=O) groups is 2. The number of rotatable bonds is 7. The monoisotopic (exact) mass is 435 g/mol. The summed E-state index contributed by atoms with van der Waals surface area (Å²) in [4.78, 5) is 35.5. The van der Waals surface area contributed by atoms with Gasteiger partial charge < -0.3 is 14.6 Å². The van der Waals surface area contributed by atoms with Crippen LogP contribution in [0.25, 0.3) is 0 Å². The molecule has 10 heteroatoms. The van der Waals surface area contributed by atoms with Crippen LogP contribution in [-0.2, 0) is 0 Å². The van der Waals surface area contributed by atoms with Gasteiger partial charge in [-0.15, -0.1) is 0 Å². The first-order valence-corrected chi connectivity index (χ1v) is 9.15. The Kier molecular flexibility index (Phi) is 6.76. The van der Waals surface area contributed by atoms with Crippen molar-refractivity contribution < 1.29 is 29.1 Å². The SMILES string of the molecule is COc1cccc(C(=O)Oc2c(/C=N/NC(=O)c3ccccc3O)cccc2[N+](=O)[O-])c1. The maximum atomic E-state index is 12.6. The van der Waals surface area contributed by atoms with Crippen LogP contribution in [-0.4, -0.2) is 35.2 Å². The quantitative estimate of drug-likeness (QED) is 0.191. The molecule has 0 unspecified atom stereocenters. The van der Waals surface area contributed by atoms with Gasteiger partial charge in [0.1, 0.15) is 11.5 Å². The van der Waals surface area contributed by atoms with E-state index in [9.17, 15) is 24.8 Å². The van der Waals surface area contributed by atoms with E-state index in [1.807, 2.05) is 0 Å². The average Bonchev–Trinajstić information content (AvgIpc) is 2.80. The maximum Gasteiger partial charge on any atom is 0.343 e. The van der Waals surface area contributed by atoms with Crippen LogP contribution in [0.4, 0.5) is 5.69 Å². The molecule has 3 aromatic rings. The summed E-state index contributed by atoms with van der Waals surface area (Å²) < 4.78 is 10.4. The number of nitro groups is 1. The van der Waals surface area contributed by atoms with Gasteiger partial charge in [0.15, 0.2) is 0 Å². The van der Waals surface area contributed by atoms with Crippen LogP contribution >= 0.6 is 0 Å². The smallest absolute Gasteiger partial charge is 0.343 e. The molecular weight excluding hydrogens is 418 g/mol. The summed E-state index contributed by atoms with van der Waals surface area (Å²) in [6.45, 7) is 0. The molecule has 1 amide bonds. The minimum absolute atomic E-state index is 0.00614. The second-order valence-electron chi connectivity index (χ2n) is 6.29. The zero-order valence-electron chi connectivity index (χ0n) is 16.7. The number of amides is 1. The van der Waals surface area contributed by atoms with Crippen LogP contribution in [0.2, 0.25) is 0 Å². The fraction of sp³-hybridized carbons (Fsp3) is 0.0455. The van der Waals surface area contributed by atoms with Crippen molar-refractivity contribution in [3.8, 4) is 17.2 Å². The van der Waals surface area contributed by atoms with Crippen molar-refractivity contribution in [1.82, 2.24) is 5.43 Å². The standard InChI is InChI=1S/C22H17N3O7/c1-31-16-8-4-6-14(12-16)22(28)32-20-15(7-5-10-18(20)25(29)30)13-23-24-21(27)17-9-2-3-11-19(17)26/h2-13,26H,1H3,(H,24,27)/b23-13+. The molecule has 0 saturated carbocycles. The van der Waals surface area contributed by atoms with Gasteiger partial charge in [-0.1, -0.05) is 24.3 Å². The molecular formula is C22H17N3O7. The predicted molar refractivity (Wildman–Crippen MR) is 114 cm³/mol. The number of esters is 1. The van der Waals surface area contributed by atoms with E-state index in [-0.39, 0.29) is 28.2 Å². The molecule has 10 nitrogen and oxygen atoms in total. The fourth-order valence-electron chi connectivity index (χ4n) is 2.69. The summed E-state index contributed by atoms with van der Waals surface area (Å²) in [6.07, 6.45) is 1.10. The molecule has 0 aliphatic carbocycles. The molecule has 3 aromatic carbocycles. The van der Waals surface area contributed by atoms with Gasteiger partial charge in [0.05, 0.1) is 29.4 Å². The van der Waals surface area contributed by atoms with E-state index in [1.165, 1.54) is 49.6 Å². The third-order valence-corrected chi connectivity index (χ3v) is 4.24. The number of hydrogen-bond donors (Lipinski definition) is 2. The normalized spacial score (nSPS) is 10.5. The second kappa shape index (κ2) is 9.85. The van der Waals surface area contributed by atoms with Crippen molar-refractivity contribution in [3.05, 3.63) is 93.5 Å². The number of methoxy groups -OCH3 is 1. The third-order valence-electron chi connectivity index (χ3n) is 4.24. The lowest BCUT2D eigenvalue weighted by Crippen LogP contribution is -2.18. The number of hydrazone groups is 1. The van der Waals surface area contributed by atoms with Gasteiger partial charge in [-0.2, -0.15) is 5.10 Å². The number of para-hydroxylation sites is 2. The minimum Gasteiger partial charge on any atom is -0.507 e. The van der Waals surface area contributed by atoms with Gasteiger partial charge in [-0.3, -0.25) is 14.9 Å². The molecule has 0 spiro atoms. The Labute approximate surface area is 181 Å². The Balaban J connectivity index is 1.86. The molecule has 3 rings (SSSR count). The number of phenolic OH excluding ortho intramolecular Hbond substituents is 1. The van der Waals surface area contributed by atoms with Crippen molar-refractivity contribution in [3.63, 3.8) is 0 Å². The number of phenols is 1. The lowest BCUT2D eigenvalue weighted by molar-refractivity contribution is -0.385. The molecule has 162 valence electrons. The van der Waals surface area contributed by atoms with Gasteiger partial charge in [0.2, 0.25) is 5.75 Å². The second-order valence-corrected chi connectivity index (χ2v) is 6.29. The summed E-state index contributed by atoms with van der Waals surface area (Å²) in [5.41, 5.74) is 1.94. The summed E-state index contributed by atoms with van der Waals surface area (Å²) >= 11 is 0. The van der Waals surface area contributed by atoms with Crippen LogP contribution < -0.4 is 14.9 Å². The van der Waals surface area contributed by atoms with E-state index < -0.39 is 22.5 Å². The zero-order valence-corrected chi connectivity index (χ0v) is 16.7.